The summed E-state index contributed by atoms with van der Waals surface area (Å²) in [6, 6.07) is 1.23. The molecule has 1 unspecified atom stereocenters. The van der Waals surface area contributed by atoms with Gasteiger partial charge in [0.2, 0.25) is 0 Å². The number of amides is 2. The summed E-state index contributed by atoms with van der Waals surface area (Å²) in [7, 11) is 1.90. The first-order valence-corrected chi connectivity index (χ1v) is 4.73. The minimum absolute atomic E-state index is 0.233. The second-order valence-corrected chi connectivity index (χ2v) is 3.96. The molecule has 1 aliphatic heterocycles. The van der Waals surface area contributed by atoms with Crippen molar-refractivity contribution in [2.45, 2.75) is 38.3 Å². The molecule has 2 fully saturated rings. The third-order valence-electron chi connectivity index (χ3n) is 2.98. The van der Waals surface area contributed by atoms with E-state index in [0.717, 1.165) is 13.0 Å². The molecule has 1 saturated heterocycles. The van der Waals surface area contributed by atoms with Gasteiger partial charge in [-0.1, -0.05) is 0 Å². The minimum atomic E-state index is 0.233. The van der Waals surface area contributed by atoms with Gasteiger partial charge in [0.15, 0.2) is 0 Å². The van der Waals surface area contributed by atoms with Crippen molar-refractivity contribution >= 4 is 6.03 Å². The molecule has 0 radical (unpaired) electrons. The third kappa shape index (κ3) is 1.17. The van der Waals surface area contributed by atoms with Crippen molar-refractivity contribution in [1.82, 2.24) is 9.80 Å². The molecule has 3 nitrogen and oxygen atoms in total. The van der Waals surface area contributed by atoms with Gasteiger partial charge in [0.25, 0.3) is 0 Å². The summed E-state index contributed by atoms with van der Waals surface area (Å²) in [4.78, 5) is 15.6. The van der Waals surface area contributed by atoms with Gasteiger partial charge in [-0.15, -0.1) is 0 Å². The zero-order chi connectivity index (χ0) is 8.72. The van der Waals surface area contributed by atoms with E-state index in [-0.39, 0.29) is 6.03 Å². The van der Waals surface area contributed by atoms with Crippen molar-refractivity contribution < 1.29 is 4.79 Å². The molecule has 0 aromatic heterocycles. The van der Waals surface area contributed by atoms with E-state index < -0.39 is 0 Å². The Labute approximate surface area is 73.3 Å². The van der Waals surface area contributed by atoms with E-state index in [1.165, 1.54) is 12.8 Å². The van der Waals surface area contributed by atoms with Gasteiger partial charge < -0.3 is 9.80 Å². The molecule has 1 heterocycles. The van der Waals surface area contributed by atoms with Crippen LogP contribution < -0.4 is 0 Å². The van der Waals surface area contributed by atoms with E-state index in [2.05, 4.69) is 6.92 Å². The smallest absolute Gasteiger partial charge is 0.320 e. The van der Waals surface area contributed by atoms with Gasteiger partial charge in [0.1, 0.15) is 0 Å². The molecular weight excluding hydrogens is 152 g/mol. The summed E-state index contributed by atoms with van der Waals surface area (Å²) in [5.74, 6) is 0. The fraction of sp³-hybridized carbons (Fsp3) is 0.889. The molecule has 0 spiro atoms. The lowest BCUT2D eigenvalue weighted by atomic mass is 10.1. The first kappa shape index (κ1) is 7.90. The van der Waals surface area contributed by atoms with Crippen LogP contribution in [0.25, 0.3) is 0 Å². The van der Waals surface area contributed by atoms with Crippen molar-refractivity contribution in [2.24, 2.45) is 0 Å². The van der Waals surface area contributed by atoms with Crippen LogP contribution >= 0.6 is 0 Å². The van der Waals surface area contributed by atoms with Gasteiger partial charge in [-0.3, -0.25) is 0 Å². The van der Waals surface area contributed by atoms with Crippen LogP contribution in [0.3, 0.4) is 0 Å². The SMILES string of the molecule is CC1CCN(C2CC2)C(=O)N1C. The lowest BCUT2D eigenvalue weighted by Crippen LogP contribution is -2.52. The average molecular weight is 168 g/mol. The molecule has 1 aliphatic carbocycles. The van der Waals surface area contributed by atoms with Crippen LogP contribution in [0, 0.1) is 0 Å². The minimum Gasteiger partial charge on any atom is -0.325 e. The molecule has 0 aromatic rings. The summed E-state index contributed by atoms with van der Waals surface area (Å²) in [5, 5.41) is 0. The zero-order valence-corrected chi connectivity index (χ0v) is 7.79. The molecule has 1 saturated carbocycles. The van der Waals surface area contributed by atoms with Gasteiger partial charge in [0, 0.05) is 25.7 Å². The van der Waals surface area contributed by atoms with Gasteiger partial charge in [0.05, 0.1) is 0 Å². The largest absolute Gasteiger partial charge is 0.325 e. The molecule has 1 atom stereocenters. The van der Waals surface area contributed by atoms with E-state index in [9.17, 15) is 4.79 Å². The summed E-state index contributed by atoms with van der Waals surface area (Å²) in [5.41, 5.74) is 0. The number of carbonyl (C=O) groups is 1. The maximum atomic E-state index is 11.7. The molecular formula is C9H16N2O. The molecule has 0 bridgehead atoms. The topological polar surface area (TPSA) is 23.6 Å². The predicted molar refractivity (Wildman–Crippen MR) is 47.0 cm³/mol. The molecule has 3 heteroatoms. The second-order valence-electron chi connectivity index (χ2n) is 3.96. The standard InChI is InChI=1S/C9H16N2O/c1-7-5-6-11(8-3-4-8)9(12)10(7)2/h7-8H,3-6H2,1-2H3. The highest BCUT2D eigenvalue weighted by atomic mass is 16.2. The number of hydrogen-bond acceptors (Lipinski definition) is 1. The molecule has 2 aliphatic rings. The molecule has 2 amide bonds. The number of urea groups is 1. The highest BCUT2D eigenvalue weighted by Crippen LogP contribution is 2.30. The van der Waals surface area contributed by atoms with Crippen LogP contribution in [-0.4, -0.2) is 41.5 Å². The zero-order valence-electron chi connectivity index (χ0n) is 7.79. The van der Waals surface area contributed by atoms with Crippen LogP contribution in [-0.2, 0) is 0 Å². The highest BCUT2D eigenvalue weighted by Gasteiger charge is 2.37. The molecule has 2 rings (SSSR count). The maximum absolute atomic E-state index is 11.7. The highest BCUT2D eigenvalue weighted by molar-refractivity contribution is 5.76. The lowest BCUT2D eigenvalue weighted by molar-refractivity contribution is 0.115. The van der Waals surface area contributed by atoms with Crippen molar-refractivity contribution in [2.75, 3.05) is 13.6 Å². The Kier molecular flexibility index (Phi) is 1.74. The molecule has 68 valence electrons. The van der Waals surface area contributed by atoms with E-state index in [0.29, 0.717) is 12.1 Å². The predicted octanol–water partition coefficient (Wildman–Crippen LogP) is 1.29. The van der Waals surface area contributed by atoms with E-state index in [4.69, 9.17) is 0 Å². The first-order chi connectivity index (χ1) is 5.70. The van der Waals surface area contributed by atoms with Crippen LogP contribution in [0.15, 0.2) is 0 Å². The Bertz CT molecular complexity index is 201. The maximum Gasteiger partial charge on any atom is 0.320 e. The fourth-order valence-electron chi connectivity index (χ4n) is 1.73. The van der Waals surface area contributed by atoms with Crippen LogP contribution in [0.1, 0.15) is 26.2 Å². The Balaban J connectivity index is 2.03. The number of carbonyl (C=O) groups excluding carboxylic acids is 1. The van der Waals surface area contributed by atoms with E-state index in [1.807, 2.05) is 16.8 Å². The van der Waals surface area contributed by atoms with E-state index in [1.54, 1.807) is 0 Å². The Morgan fingerprint density at radius 2 is 2.00 bits per heavy atom. The van der Waals surface area contributed by atoms with Gasteiger partial charge in [-0.25, -0.2) is 4.79 Å². The van der Waals surface area contributed by atoms with Crippen LogP contribution in [0.5, 0.6) is 0 Å². The fourth-order valence-corrected chi connectivity index (χ4v) is 1.73. The van der Waals surface area contributed by atoms with E-state index >= 15 is 0 Å². The average Bonchev–Trinajstić information content (AvgIpc) is 2.84. The number of nitrogens with zero attached hydrogens (tertiary/aromatic N) is 2. The Morgan fingerprint density at radius 3 is 2.58 bits per heavy atom. The molecule has 0 N–H and O–H groups in total. The van der Waals surface area contributed by atoms with Gasteiger partial charge in [-0.2, -0.15) is 0 Å². The lowest BCUT2D eigenvalue weighted by Gasteiger charge is -2.38. The number of rotatable bonds is 1. The van der Waals surface area contributed by atoms with Crippen molar-refractivity contribution in [3.8, 4) is 0 Å². The summed E-state index contributed by atoms with van der Waals surface area (Å²) < 4.78 is 0. The molecule has 0 aromatic carbocycles. The third-order valence-corrected chi connectivity index (χ3v) is 2.98. The monoisotopic (exact) mass is 168 g/mol. The first-order valence-electron chi connectivity index (χ1n) is 4.73. The number of hydrogen-bond donors (Lipinski definition) is 0. The summed E-state index contributed by atoms with van der Waals surface area (Å²) >= 11 is 0. The van der Waals surface area contributed by atoms with Crippen molar-refractivity contribution in [3.63, 3.8) is 0 Å². The quantitative estimate of drug-likeness (QED) is 0.579. The van der Waals surface area contributed by atoms with Gasteiger partial charge in [-0.05, 0) is 26.2 Å². The van der Waals surface area contributed by atoms with Crippen molar-refractivity contribution in [3.05, 3.63) is 0 Å². The van der Waals surface area contributed by atoms with Crippen LogP contribution in [0.4, 0.5) is 4.79 Å². The summed E-state index contributed by atoms with van der Waals surface area (Å²) in [6.45, 7) is 3.08. The van der Waals surface area contributed by atoms with Gasteiger partial charge >= 0.3 is 6.03 Å². The second kappa shape index (κ2) is 2.64. The molecule has 12 heavy (non-hydrogen) atoms. The summed E-state index contributed by atoms with van der Waals surface area (Å²) in [6.07, 6.45) is 3.56. The Morgan fingerprint density at radius 1 is 1.33 bits per heavy atom. The Hall–Kier alpha value is -0.730. The normalized spacial score (nSPS) is 31.2. The van der Waals surface area contributed by atoms with Crippen molar-refractivity contribution in [1.29, 1.82) is 0 Å². The van der Waals surface area contributed by atoms with Crippen LogP contribution in [0.2, 0.25) is 0 Å².